The second kappa shape index (κ2) is 7.72. The molecule has 0 aromatic heterocycles. The Labute approximate surface area is 118 Å². The van der Waals surface area contributed by atoms with E-state index in [-0.39, 0.29) is 6.04 Å². The molecule has 7 heteroatoms. The van der Waals surface area contributed by atoms with E-state index in [1.807, 2.05) is 6.92 Å². The number of nitrogens with one attached hydrogen (secondary N) is 2. The van der Waals surface area contributed by atoms with E-state index in [9.17, 15) is 14.4 Å². The minimum atomic E-state index is -1.47. The van der Waals surface area contributed by atoms with Gasteiger partial charge in [0, 0.05) is 6.04 Å². The van der Waals surface area contributed by atoms with Crippen molar-refractivity contribution in [2.75, 3.05) is 0 Å². The molecule has 1 rings (SSSR count). The van der Waals surface area contributed by atoms with E-state index in [0.717, 1.165) is 19.3 Å². The highest BCUT2D eigenvalue weighted by molar-refractivity contribution is 6.05. The van der Waals surface area contributed by atoms with Gasteiger partial charge in [0.2, 0.25) is 11.8 Å². The van der Waals surface area contributed by atoms with Crippen molar-refractivity contribution in [2.24, 2.45) is 17.4 Å². The Bertz CT molecular complexity index is 353. The van der Waals surface area contributed by atoms with Crippen molar-refractivity contribution in [1.29, 1.82) is 0 Å². The van der Waals surface area contributed by atoms with Gasteiger partial charge in [-0.25, -0.2) is 4.79 Å². The largest absolute Gasteiger partial charge is 0.367 e. The number of rotatable bonds is 6. The molecule has 1 unspecified atom stereocenters. The highest BCUT2D eigenvalue weighted by Crippen LogP contribution is 2.27. The molecule has 1 saturated carbocycles. The number of carbonyl (C=O) groups is 3. The van der Waals surface area contributed by atoms with Gasteiger partial charge >= 0.3 is 6.03 Å². The molecule has 0 aromatic rings. The number of primary amides is 2. The number of nitrogens with two attached hydrogens (primary N) is 2. The molecule has 6 N–H and O–H groups in total. The van der Waals surface area contributed by atoms with Crippen LogP contribution in [0.2, 0.25) is 0 Å². The van der Waals surface area contributed by atoms with Gasteiger partial charge in [-0.3, -0.25) is 9.59 Å². The third-order valence-electron chi connectivity index (χ3n) is 3.82. The maximum atomic E-state index is 11.8. The third kappa shape index (κ3) is 4.71. The third-order valence-corrected chi connectivity index (χ3v) is 3.82. The topological polar surface area (TPSA) is 127 Å². The van der Waals surface area contributed by atoms with Crippen molar-refractivity contribution in [2.45, 2.75) is 57.5 Å². The molecule has 7 nitrogen and oxygen atoms in total. The normalized spacial score (nSPS) is 17.5. The van der Waals surface area contributed by atoms with Gasteiger partial charge in [0.15, 0.2) is 6.04 Å². The Kier molecular flexibility index (Phi) is 6.27. The summed E-state index contributed by atoms with van der Waals surface area (Å²) in [7, 11) is 0. The first-order valence-corrected chi connectivity index (χ1v) is 7.11. The van der Waals surface area contributed by atoms with Crippen LogP contribution in [-0.2, 0) is 9.59 Å². The van der Waals surface area contributed by atoms with E-state index in [1.54, 1.807) is 0 Å². The predicted octanol–water partition coefficient (Wildman–Crippen LogP) is -0.0163. The quantitative estimate of drug-likeness (QED) is 0.512. The van der Waals surface area contributed by atoms with E-state index in [4.69, 9.17) is 11.5 Å². The van der Waals surface area contributed by atoms with Gasteiger partial charge in [-0.2, -0.15) is 0 Å². The standard InChI is InChI=1S/C13H24N4O3/c1-2-9(8-6-4-3-5-7-8)16-13(20)17-10(11(14)18)12(15)19/h8-10H,2-7H2,1H3,(H2,14,18)(H2,15,19)(H2,16,17,20). The number of hydrogen-bond donors (Lipinski definition) is 4. The summed E-state index contributed by atoms with van der Waals surface area (Å²) in [6.07, 6.45) is 6.58. The van der Waals surface area contributed by atoms with Crippen LogP contribution in [0.15, 0.2) is 0 Å². The number of amides is 4. The monoisotopic (exact) mass is 284 g/mol. The van der Waals surface area contributed by atoms with Crippen molar-refractivity contribution < 1.29 is 14.4 Å². The Hall–Kier alpha value is -1.79. The molecule has 0 radical (unpaired) electrons. The van der Waals surface area contributed by atoms with Crippen LogP contribution in [-0.4, -0.2) is 29.9 Å². The first-order chi connectivity index (χ1) is 9.45. The first-order valence-electron chi connectivity index (χ1n) is 7.11. The van der Waals surface area contributed by atoms with Crippen LogP contribution >= 0.6 is 0 Å². The summed E-state index contributed by atoms with van der Waals surface area (Å²) in [5.74, 6) is -1.48. The fourth-order valence-electron chi connectivity index (χ4n) is 2.71. The predicted molar refractivity (Wildman–Crippen MR) is 74.5 cm³/mol. The molecular weight excluding hydrogens is 260 g/mol. The molecule has 0 aromatic carbocycles. The van der Waals surface area contributed by atoms with Crippen LogP contribution in [0.5, 0.6) is 0 Å². The molecular formula is C13H24N4O3. The van der Waals surface area contributed by atoms with Gasteiger partial charge in [-0.1, -0.05) is 26.2 Å². The second-order valence-corrected chi connectivity index (χ2v) is 5.27. The van der Waals surface area contributed by atoms with Crippen molar-refractivity contribution in [3.63, 3.8) is 0 Å². The molecule has 0 heterocycles. The highest BCUT2D eigenvalue weighted by atomic mass is 16.2. The zero-order chi connectivity index (χ0) is 15.1. The van der Waals surface area contributed by atoms with Gasteiger partial charge in [0.05, 0.1) is 0 Å². The van der Waals surface area contributed by atoms with Crippen LogP contribution in [0.25, 0.3) is 0 Å². The van der Waals surface area contributed by atoms with Gasteiger partial charge in [-0.05, 0) is 25.2 Å². The van der Waals surface area contributed by atoms with E-state index >= 15 is 0 Å². The molecule has 4 amide bonds. The molecule has 1 fully saturated rings. The number of hydrogen-bond acceptors (Lipinski definition) is 3. The SMILES string of the molecule is CCC(NC(=O)NC(C(N)=O)C(N)=O)C1CCCCC1. The van der Waals surface area contributed by atoms with Gasteiger partial charge in [0.1, 0.15) is 0 Å². The molecule has 0 aliphatic heterocycles. The molecule has 20 heavy (non-hydrogen) atoms. The Morgan fingerprint density at radius 3 is 2.05 bits per heavy atom. The maximum absolute atomic E-state index is 11.8. The summed E-state index contributed by atoms with van der Waals surface area (Å²) in [4.78, 5) is 33.9. The zero-order valence-electron chi connectivity index (χ0n) is 11.9. The zero-order valence-corrected chi connectivity index (χ0v) is 11.9. The van der Waals surface area contributed by atoms with Crippen LogP contribution in [0, 0.1) is 5.92 Å². The lowest BCUT2D eigenvalue weighted by atomic mass is 9.83. The lowest BCUT2D eigenvalue weighted by molar-refractivity contribution is -0.128. The summed E-state index contributed by atoms with van der Waals surface area (Å²) in [6.45, 7) is 2.00. The van der Waals surface area contributed by atoms with Crippen molar-refractivity contribution in [3.8, 4) is 0 Å². The summed E-state index contributed by atoms with van der Waals surface area (Å²) >= 11 is 0. The van der Waals surface area contributed by atoms with E-state index in [0.29, 0.717) is 5.92 Å². The molecule has 0 spiro atoms. The highest BCUT2D eigenvalue weighted by Gasteiger charge is 2.27. The van der Waals surface area contributed by atoms with Gasteiger partial charge < -0.3 is 22.1 Å². The van der Waals surface area contributed by atoms with E-state index in [2.05, 4.69) is 10.6 Å². The second-order valence-electron chi connectivity index (χ2n) is 5.27. The Morgan fingerprint density at radius 1 is 1.05 bits per heavy atom. The van der Waals surface area contributed by atoms with Crippen LogP contribution in [0.1, 0.15) is 45.4 Å². The summed E-state index contributed by atoms with van der Waals surface area (Å²) in [6, 6.07) is -2.01. The van der Waals surface area contributed by atoms with Crippen molar-refractivity contribution >= 4 is 17.8 Å². The summed E-state index contributed by atoms with van der Waals surface area (Å²) in [5.41, 5.74) is 10.0. The van der Waals surface area contributed by atoms with Crippen LogP contribution < -0.4 is 22.1 Å². The smallest absolute Gasteiger partial charge is 0.316 e. The molecule has 1 aliphatic rings. The fourth-order valence-corrected chi connectivity index (χ4v) is 2.71. The van der Waals surface area contributed by atoms with Crippen LogP contribution in [0.3, 0.4) is 0 Å². The van der Waals surface area contributed by atoms with Crippen molar-refractivity contribution in [1.82, 2.24) is 10.6 Å². The van der Waals surface area contributed by atoms with Gasteiger partial charge in [0.25, 0.3) is 0 Å². The Balaban J connectivity index is 2.53. The lowest BCUT2D eigenvalue weighted by Crippen LogP contribution is -2.56. The number of urea groups is 1. The summed E-state index contributed by atoms with van der Waals surface area (Å²) in [5, 5.41) is 5.03. The molecule has 1 aliphatic carbocycles. The Morgan fingerprint density at radius 2 is 1.60 bits per heavy atom. The molecule has 0 bridgehead atoms. The van der Waals surface area contributed by atoms with E-state index in [1.165, 1.54) is 19.3 Å². The average molecular weight is 284 g/mol. The average Bonchev–Trinajstić information content (AvgIpc) is 2.42. The fraction of sp³-hybridized carbons (Fsp3) is 0.769. The molecule has 0 saturated heterocycles. The minimum Gasteiger partial charge on any atom is -0.367 e. The van der Waals surface area contributed by atoms with Gasteiger partial charge in [-0.15, -0.1) is 0 Å². The number of carbonyl (C=O) groups excluding carboxylic acids is 3. The maximum Gasteiger partial charge on any atom is 0.316 e. The molecule has 1 atom stereocenters. The lowest BCUT2D eigenvalue weighted by Gasteiger charge is -2.30. The first kappa shape index (κ1) is 16.3. The van der Waals surface area contributed by atoms with Crippen LogP contribution in [0.4, 0.5) is 4.79 Å². The van der Waals surface area contributed by atoms with Crippen molar-refractivity contribution in [3.05, 3.63) is 0 Å². The minimum absolute atomic E-state index is 0.0386. The summed E-state index contributed by atoms with van der Waals surface area (Å²) < 4.78 is 0. The van der Waals surface area contributed by atoms with E-state index < -0.39 is 23.9 Å². The molecule has 114 valence electrons.